The molecule has 2 N–H and O–H groups in total. The molecule has 1 unspecified atom stereocenters. The molecule has 0 rings (SSSR count). The maximum atomic E-state index is 10.7. The van der Waals surface area contributed by atoms with E-state index in [0.29, 0.717) is 0 Å². The Labute approximate surface area is 134 Å². The van der Waals surface area contributed by atoms with Gasteiger partial charge in [-0.25, -0.2) is 4.79 Å². The Hall–Kier alpha value is -1.13. The van der Waals surface area contributed by atoms with E-state index in [4.69, 9.17) is 5.26 Å². The van der Waals surface area contributed by atoms with E-state index in [1.54, 1.807) is 0 Å². The van der Waals surface area contributed by atoms with Crippen LogP contribution in [-0.4, -0.2) is 22.4 Å². The largest absolute Gasteiger partial charge is 0.389 e. The van der Waals surface area contributed by atoms with Gasteiger partial charge in [-0.3, -0.25) is 0 Å². The number of carbonyl (C=O) groups excluding carboxylic acids is 1. The lowest BCUT2D eigenvalue weighted by atomic mass is 10.1. The number of hydrogen-bond acceptors (Lipinski definition) is 4. The Morgan fingerprint density at radius 2 is 1.77 bits per heavy atom. The van der Waals surface area contributed by atoms with Crippen LogP contribution in [0.3, 0.4) is 0 Å². The standard InChI is InChI=1S/C18H32O4/c1-2-3-4-5-6-8-11-14-17(19)15-12-9-7-10-13-16-18(20)22-21/h6,8,11,14,17,19,21H,2-5,7,9-10,12-13,15-16H2,1H3. The van der Waals surface area contributed by atoms with Gasteiger partial charge in [-0.1, -0.05) is 69.8 Å². The average molecular weight is 312 g/mol. The number of hydrogen-bond donors (Lipinski definition) is 2. The van der Waals surface area contributed by atoms with Crippen LogP contribution in [0.1, 0.15) is 77.6 Å². The smallest absolute Gasteiger partial charge is 0.342 e. The summed E-state index contributed by atoms with van der Waals surface area (Å²) in [5.41, 5.74) is 0. The average Bonchev–Trinajstić information content (AvgIpc) is 2.52. The molecule has 0 aromatic rings. The van der Waals surface area contributed by atoms with Crippen molar-refractivity contribution >= 4 is 5.97 Å². The lowest BCUT2D eigenvalue weighted by Crippen LogP contribution is -2.01. The normalized spacial score (nSPS) is 13.0. The first-order valence-electron chi connectivity index (χ1n) is 8.56. The molecule has 0 fully saturated rings. The first kappa shape index (κ1) is 20.9. The Balaban J connectivity index is 3.41. The predicted molar refractivity (Wildman–Crippen MR) is 89.5 cm³/mol. The van der Waals surface area contributed by atoms with Gasteiger partial charge < -0.3 is 9.99 Å². The molecule has 4 nitrogen and oxygen atoms in total. The topological polar surface area (TPSA) is 66.8 Å². The molecule has 0 aliphatic heterocycles. The molecule has 1 atom stereocenters. The van der Waals surface area contributed by atoms with Crippen molar-refractivity contribution in [2.24, 2.45) is 0 Å². The van der Waals surface area contributed by atoms with Gasteiger partial charge in [0.1, 0.15) is 0 Å². The highest BCUT2D eigenvalue weighted by atomic mass is 17.1. The van der Waals surface area contributed by atoms with Gasteiger partial charge in [-0.15, -0.1) is 0 Å². The Kier molecular flexibility index (Phi) is 15.4. The van der Waals surface area contributed by atoms with Crippen LogP contribution < -0.4 is 0 Å². The highest BCUT2D eigenvalue weighted by Crippen LogP contribution is 2.10. The minimum atomic E-state index is -0.566. The van der Waals surface area contributed by atoms with Crippen molar-refractivity contribution in [3.8, 4) is 0 Å². The van der Waals surface area contributed by atoms with Crippen LogP contribution in [0, 0.1) is 0 Å². The van der Waals surface area contributed by atoms with Crippen LogP contribution in [-0.2, 0) is 9.68 Å². The van der Waals surface area contributed by atoms with Gasteiger partial charge in [0.25, 0.3) is 0 Å². The summed E-state index contributed by atoms with van der Waals surface area (Å²) in [6.45, 7) is 2.20. The van der Waals surface area contributed by atoms with E-state index in [9.17, 15) is 9.90 Å². The lowest BCUT2D eigenvalue weighted by molar-refractivity contribution is -0.234. The Morgan fingerprint density at radius 1 is 1.05 bits per heavy atom. The lowest BCUT2D eigenvalue weighted by Gasteiger charge is -2.04. The first-order valence-corrected chi connectivity index (χ1v) is 8.56. The molecule has 22 heavy (non-hydrogen) atoms. The quantitative estimate of drug-likeness (QED) is 0.209. The second-order valence-electron chi connectivity index (χ2n) is 5.65. The van der Waals surface area contributed by atoms with Gasteiger partial charge in [0.2, 0.25) is 0 Å². The molecule has 0 aliphatic carbocycles. The highest BCUT2D eigenvalue weighted by Gasteiger charge is 2.01. The van der Waals surface area contributed by atoms with Crippen molar-refractivity contribution in [3.05, 3.63) is 24.3 Å². The molecule has 0 radical (unpaired) electrons. The van der Waals surface area contributed by atoms with Crippen molar-refractivity contribution in [3.63, 3.8) is 0 Å². The van der Waals surface area contributed by atoms with Gasteiger partial charge in [0.05, 0.1) is 6.10 Å². The van der Waals surface area contributed by atoms with Crippen LogP contribution in [0.4, 0.5) is 0 Å². The maximum absolute atomic E-state index is 10.7. The number of unbranched alkanes of at least 4 members (excludes halogenated alkanes) is 7. The van der Waals surface area contributed by atoms with E-state index in [1.807, 2.05) is 18.2 Å². The summed E-state index contributed by atoms with van der Waals surface area (Å²) in [7, 11) is 0. The monoisotopic (exact) mass is 312 g/mol. The van der Waals surface area contributed by atoms with Crippen molar-refractivity contribution in [2.75, 3.05) is 0 Å². The third kappa shape index (κ3) is 15.3. The molecular formula is C18H32O4. The van der Waals surface area contributed by atoms with E-state index in [1.165, 1.54) is 19.3 Å². The molecule has 0 amide bonds. The van der Waals surface area contributed by atoms with Crippen LogP contribution >= 0.6 is 0 Å². The number of rotatable bonds is 14. The zero-order valence-corrected chi connectivity index (χ0v) is 13.9. The molecule has 0 aromatic heterocycles. The van der Waals surface area contributed by atoms with Gasteiger partial charge >= 0.3 is 5.97 Å². The molecule has 0 aliphatic rings. The summed E-state index contributed by atoms with van der Waals surface area (Å²) in [4.78, 5) is 14.3. The maximum Gasteiger partial charge on any atom is 0.342 e. The second-order valence-corrected chi connectivity index (χ2v) is 5.65. The van der Waals surface area contributed by atoms with Crippen molar-refractivity contribution in [1.82, 2.24) is 0 Å². The summed E-state index contributed by atoms with van der Waals surface area (Å²) in [6.07, 6.45) is 18.2. The van der Waals surface area contributed by atoms with Crippen molar-refractivity contribution in [1.29, 1.82) is 0 Å². The van der Waals surface area contributed by atoms with Gasteiger partial charge in [-0.05, 0) is 25.7 Å². The van der Waals surface area contributed by atoms with E-state index in [2.05, 4.69) is 17.9 Å². The van der Waals surface area contributed by atoms with E-state index in [-0.39, 0.29) is 12.5 Å². The second kappa shape index (κ2) is 16.2. The summed E-state index contributed by atoms with van der Waals surface area (Å²) in [5, 5.41) is 17.9. The Bertz CT molecular complexity index is 310. The van der Waals surface area contributed by atoms with Gasteiger partial charge in [0, 0.05) is 6.42 Å². The third-order valence-corrected chi connectivity index (χ3v) is 3.54. The van der Waals surface area contributed by atoms with Gasteiger partial charge in [0.15, 0.2) is 0 Å². The minimum Gasteiger partial charge on any atom is -0.389 e. The van der Waals surface area contributed by atoms with E-state index < -0.39 is 5.97 Å². The number of allylic oxidation sites excluding steroid dienone is 3. The number of aliphatic hydroxyl groups excluding tert-OH is 1. The molecule has 0 saturated carbocycles. The molecule has 0 heterocycles. The number of aliphatic hydroxyl groups is 1. The molecule has 4 heteroatoms. The summed E-state index contributed by atoms with van der Waals surface area (Å²) >= 11 is 0. The molecule has 0 spiro atoms. The third-order valence-electron chi connectivity index (χ3n) is 3.54. The predicted octanol–water partition coefficient (Wildman–Crippen LogP) is 4.79. The number of carbonyl (C=O) groups is 1. The SMILES string of the molecule is CCCCCC=CC=CC(O)CCCCCCCC(=O)OO. The summed E-state index contributed by atoms with van der Waals surface area (Å²) < 4.78 is 0. The highest BCUT2D eigenvalue weighted by molar-refractivity contribution is 5.68. The molecule has 0 saturated heterocycles. The molecule has 128 valence electrons. The molecular weight excluding hydrogens is 280 g/mol. The zero-order chi connectivity index (χ0) is 16.5. The fourth-order valence-corrected chi connectivity index (χ4v) is 2.17. The Morgan fingerprint density at radius 3 is 2.50 bits per heavy atom. The fourth-order valence-electron chi connectivity index (χ4n) is 2.17. The van der Waals surface area contributed by atoms with Gasteiger partial charge in [-0.2, -0.15) is 5.26 Å². The summed E-state index contributed by atoms with van der Waals surface area (Å²) in [6, 6.07) is 0. The minimum absolute atomic E-state index is 0.270. The zero-order valence-electron chi connectivity index (χ0n) is 13.9. The van der Waals surface area contributed by atoms with Crippen LogP contribution in [0.25, 0.3) is 0 Å². The van der Waals surface area contributed by atoms with E-state index in [0.717, 1.165) is 44.9 Å². The van der Waals surface area contributed by atoms with Crippen molar-refractivity contribution in [2.45, 2.75) is 83.7 Å². The van der Waals surface area contributed by atoms with Crippen LogP contribution in [0.2, 0.25) is 0 Å². The first-order chi connectivity index (χ1) is 10.7. The van der Waals surface area contributed by atoms with Crippen LogP contribution in [0.5, 0.6) is 0 Å². The molecule has 0 bridgehead atoms. The van der Waals surface area contributed by atoms with Crippen molar-refractivity contribution < 1.29 is 20.0 Å². The van der Waals surface area contributed by atoms with E-state index >= 15 is 0 Å². The molecule has 0 aromatic carbocycles. The summed E-state index contributed by atoms with van der Waals surface area (Å²) in [5.74, 6) is -0.566. The fraction of sp³-hybridized carbons (Fsp3) is 0.722. The van der Waals surface area contributed by atoms with Crippen LogP contribution in [0.15, 0.2) is 24.3 Å².